The van der Waals surface area contributed by atoms with Crippen LogP contribution < -0.4 is 0 Å². The predicted molar refractivity (Wildman–Crippen MR) is 214 cm³/mol. The minimum Gasteiger partial charge on any atom is -0.309 e. The molecule has 0 fully saturated rings. The summed E-state index contributed by atoms with van der Waals surface area (Å²) in [6.07, 6.45) is 0.981. The normalized spacial score (nSPS) is 12.2. The maximum Gasteiger partial charge on any atom is 0.0562 e. The molecule has 0 saturated heterocycles. The zero-order valence-corrected chi connectivity index (χ0v) is 27.9. The van der Waals surface area contributed by atoms with Crippen molar-refractivity contribution in [3.63, 3.8) is 0 Å². The molecule has 0 aliphatic heterocycles. The first-order valence-electron chi connectivity index (χ1n) is 17.7. The molecule has 0 atom stereocenters. The number of para-hydroxylation sites is 2. The number of nitrogens with zero attached hydrogens (tertiary/aromatic N) is 2. The third kappa shape index (κ3) is 4.23. The Hall–Kier alpha value is -6.64. The van der Waals surface area contributed by atoms with Gasteiger partial charge in [-0.3, -0.25) is 0 Å². The molecular formula is C49H32N2. The lowest BCUT2D eigenvalue weighted by Gasteiger charge is -2.12. The number of rotatable bonds is 4. The Kier molecular flexibility index (Phi) is 6.05. The van der Waals surface area contributed by atoms with Gasteiger partial charge in [-0.1, -0.05) is 127 Å². The van der Waals surface area contributed by atoms with E-state index in [4.69, 9.17) is 0 Å². The summed E-state index contributed by atoms with van der Waals surface area (Å²) < 4.78 is 4.87. The second kappa shape index (κ2) is 10.9. The van der Waals surface area contributed by atoms with E-state index in [0.717, 1.165) is 17.8 Å². The summed E-state index contributed by atoms with van der Waals surface area (Å²) in [5.41, 5.74) is 17.8. The third-order valence-electron chi connectivity index (χ3n) is 11.0. The van der Waals surface area contributed by atoms with Crippen molar-refractivity contribution in [3.8, 4) is 44.8 Å². The first-order valence-corrected chi connectivity index (χ1v) is 17.7. The van der Waals surface area contributed by atoms with Crippen LogP contribution in [-0.2, 0) is 6.42 Å². The Bertz CT molecular complexity index is 2960. The van der Waals surface area contributed by atoms with Crippen molar-refractivity contribution in [1.82, 2.24) is 9.13 Å². The molecule has 51 heavy (non-hydrogen) atoms. The Morgan fingerprint density at radius 2 is 0.902 bits per heavy atom. The van der Waals surface area contributed by atoms with Crippen molar-refractivity contribution in [3.05, 3.63) is 193 Å². The molecule has 0 bridgehead atoms. The van der Waals surface area contributed by atoms with Crippen LogP contribution in [0.4, 0.5) is 0 Å². The molecule has 2 heterocycles. The summed E-state index contributed by atoms with van der Waals surface area (Å²) >= 11 is 0. The van der Waals surface area contributed by atoms with Gasteiger partial charge >= 0.3 is 0 Å². The van der Waals surface area contributed by atoms with Crippen LogP contribution in [0, 0.1) is 0 Å². The lowest BCUT2D eigenvalue weighted by atomic mass is 9.95. The van der Waals surface area contributed by atoms with E-state index in [2.05, 4.69) is 191 Å². The van der Waals surface area contributed by atoms with Crippen LogP contribution in [0.2, 0.25) is 0 Å². The van der Waals surface area contributed by atoms with E-state index in [9.17, 15) is 0 Å². The quantitative estimate of drug-likeness (QED) is 0.180. The van der Waals surface area contributed by atoms with Gasteiger partial charge in [0, 0.05) is 32.9 Å². The molecule has 11 rings (SSSR count). The molecule has 0 saturated carbocycles. The minimum absolute atomic E-state index is 0.981. The van der Waals surface area contributed by atoms with Gasteiger partial charge in [-0.05, 0) is 106 Å². The lowest BCUT2D eigenvalue weighted by molar-refractivity contribution is 1.16. The highest BCUT2D eigenvalue weighted by molar-refractivity contribution is 6.19. The molecule has 1 aliphatic carbocycles. The maximum atomic E-state index is 2.45. The van der Waals surface area contributed by atoms with Crippen molar-refractivity contribution in [2.75, 3.05) is 0 Å². The van der Waals surface area contributed by atoms with Gasteiger partial charge in [0.1, 0.15) is 0 Å². The van der Waals surface area contributed by atoms with Crippen molar-refractivity contribution in [2.24, 2.45) is 0 Å². The second-order valence-corrected chi connectivity index (χ2v) is 13.7. The Labute approximate surface area is 296 Å². The van der Waals surface area contributed by atoms with E-state index >= 15 is 0 Å². The van der Waals surface area contributed by atoms with Gasteiger partial charge in [-0.25, -0.2) is 0 Å². The van der Waals surface area contributed by atoms with Crippen molar-refractivity contribution < 1.29 is 0 Å². The van der Waals surface area contributed by atoms with Gasteiger partial charge in [-0.2, -0.15) is 0 Å². The van der Waals surface area contributed by atoms with Crippen molar-refractivity contribution in [2.45, 2.75) is 6.42 Å². The van der Waals surface area contributed by atoms with Gasteiger partial charge in [0.05, 0.1) is 22.1 Å². The minimum atomic E-state index is 0.981. The van der Waals surface area contributed by atoms with Crippen LogP contribution >= 0.6 is 0 Å². The molecule has 0 spiro atoms. The fourth-order valence-corrected chi connectivity index (χ4v) is 8.64. The van der Waals surface area contributed by atoms with Crippen LogP contribution in [0.5, 0.6) is 0 Å². The average molecular weight is 649 g/mol. The fraction of sp³-hybridized carbons (Fsp3) is 0.0204. The van der Waals surface area contributed by atoms with E-state index < -0.39 is 0 Å². The van der Waals surface area contributed by atoms with E-state index in [-0.39, 0.29) is 0 Å². The molecule has 0 radical (unpaired) electrons. The molecule has 8 aromatic carbocycles. The average Bonchev–Trinajstić information content (AvgIpc) is 3.85. The van der Waals surface area contributed by atoms with E-state index in [1.165, 1.54) is 88.1 Å². The number of hydrogen-bond donors (Lipinski definition) is 0. The highest BCUT2D eigenvalue weighted by Crippen LogP contribution is 2.43. The molecule has 0 unspecified atom stereocenters. The largest absolute Gasteiger partial charge is 0.309 e. The Morgan fingerprint density at radius 3 is 1.73 bits per heavy atom. The molecule has 238 valence electrons. The fourth-order valence-electron chi connectivity index (χ4n) is 8.64. The maximum absolute atomic E-state index is 2.45. The SMILES string of the molecule is c1ccc(-c2ccc3c(c2)c2cc4c5ccccc5n(-c5ccc(-c6cccc7c6Cc6ccccc6-7)cc5)c4cc2n3-c2ccccc2)cc1. The summed E-state index contributed by atoms with van der Waals surface area (Å²) in [6, 6.07) is 66.8. The highest BCUT2D eigenvalue weighted by Gasteiger charge is 2.22. The van der Waals surface area contributed by atoms with Crippen LogP contribution in [0.1, 0.15) is 11.1 Å². The molecule has 2 nitrogen and oxygen atoms in total. The zero-order valence-electron chi connectivity index (χ0n) is 27.9. The summed E-state index contributed by atoms with van der Waals surface area (Å²) in [5.74, 6) is 0. The molecule has 10 aromatic rings. The summed E-state index contributed by atoms with van der Waals surface area (Å²) in [4.78, 5) is 0. The topological polar surface area (TPSA) is 9.86 Å². The Morgan fingerprint density at radius 1 is 0.314 bits per heavy atom. The summed E-state index contributed by atoms with van der Waals surface area (Å²) in [7, 11) is 0. The first kappa shape index (κ1) is 28.2. The molecule has 2 aromatic heterocycles. The monoisotopic (exact) mass is 648 g/mol. The number of aromatic nitrogens is 2. The lowest BCUT2D eigenvalue weighted by Crippen LogP contribution is -1.96. The molecule has 2 heteroatoms. The first-order chi connectivity index (χ1) is 25.3. The van der Waals surface area contributed by atoms with Gasteiger partial charge < -0.3 is 9.13 Å². The smallest absolute Gasteiger partial charge is 0.0562 e. The highest BCUT2D eigenvalue weighted by atomic mass is 15.0. The third-order valence-corrected chi connectivity index (χ3v) is 11.0. The van der Waals surface area contributed by atoms with Crippen molar-refractivity contribution in [1.29, 1.82) is 0 Å². The molecule has 1 aliphatic rings. The van der Waals surface area contributed by atoms with E-state index in [1.807, 2.05) is 0 Å². The zero-order chi connectivity index (χ0) is 33.5. The van der Waals surface area contributed by atoms with E-state index in [0.29, 0.717) is 0 Å². The van der Waals surface area contributed by atoms with Crippen LogP contribution in [0.25, 0.3) is 88.4 Å². The second-order valence-electron chi connectivity index (χ2n) is 13.7. The molecule has 0 amide bonds. The van der Waals surface area contributed by atoms with Gasteiger partial charge in [0.2, 0.25) is 0 Å². The van der Waals surface area contributed by atoms with E-state index in [1.54, 1.807) is 0 Å². The van der Waals surface area contributed by atoms with Crippen molar-refractivity contribution >= 4 is 43.6 Å². The number of hydrogen-bond acceptors (Lipinski definition) is 0. The molecule has 0 N–H and O–H groups in total. The van der Waals surface area contributed by atoms with Gasteiger partial charge in [-0.15, -0.1) is 0 Å². The van der Waals surface area contributed by atoms with Crippen LogP contribution in [0.15, 0.2) is 182 Å². The number of benzene rings is 8. The Balaban J connectivity index is 1.13. The standard InChI is InChI=1S/C49H32N2/c1-3-12-32(13-4-1)34-24-27-47-43(28-34)45-30-44-41-18-9-10-21-46(41)51(48(44)31-49(45)50(47)36-15-5-2-6-16-36)37-25-22-33(23-26-37)38-19-11-20-40-39-17-8-7-14-35(39)29-42(38)40/h1-28,30-31H,29H2. The summed E-state index contributed by atoms with van der Waals surface area (Å²) in [5, 5.41) is 5.04. The van der Waals surface area contributed by atoms with Gasteiger partial charge in [0.15, 0.2) is 0 Å². The summed E-state index contributed by atoms with van der Waals surface area (Å²) in [6.45, 7) is 0. The van der Waals surface area contributed by atoms with Gasteiger partial charge in [0.25, 0.3) is 0 Å². The predicted octanol–water partition coefficient (Wildman–Crippen LogP) is 12.8. The molecular weight excluding hydrogens is 617 g/mol. The van der Waals surface area contributed by atoms with Crippen LogP contribution in [-0.4, -0.2) is 9.13 Å². The number of fused-ring (bicyclic) bond motifs is 9. The van der Waals surface area contributed by atoms with Crippen LogP contribution in [0.3, 0.4) is 0 Å².